The molecule has 7 heavy (non-hydrogen) atoms. The van der Waals surface area contributed by atoms with Gasteiger partial charge < -0.3 is 4.42 Å². The lowest BCUT2D eigenvalue weighted by Gasteiger charge is -1.74. The number of hydrogen-bond donors (Lipinski definition) is 0. The average molecular weight is 114 g/mol. The first-order valence-corrected chi connectivity index (χ1v) is 2.72. The van der Waals surface area contributed by atoms with Crippen LogP contribution in [0.15, 0.2) is 22.1 Å². The molecule has 0 spiro atoms. The van der Waals surface area contributed by atoms with Gasteiger partial charge in [0.15, 0.2) is 6.39 Å². The van der Waals surface area contributed by atoms with Crippen molar-refractivity contribution in [1.29, 1.82) is 0 Å². The highest BCUT2D eigenvalue weighted by molar-refractivity contribution is 8.00. The highest BCUT2D eigenvalue weighted by Crippen LogP contribution is 2.10. The summed E-state index contributed by atoms with van der Waals surface area (Å²) >= 11 is 1.32. The van der Waals surface area contributed by atoms with E-state index in [1.807, 2.05) is 0 Å². The monoisotopic (exact) mass is 114 g/mol. The van der Waals surface area contributed by atoms with E-state index in [2.05, 4.69) is 15.7 Å². The second-order valence-electron chi connectivity index (χ2n) is 0.971. The minimum atomic E-state index is 0.819. The SMILES string of the molecule is [CH2]Sc1cocn1. The van der Waals surface area contributed by atoms with Gasteiger partial charge in [-0.05, 0) is 0 Å². The second-order valence-corrected chi connectivity index (χ2v) is 1.68. The Morgan fingerprint density at radius 1 is 1.86 bits per heavy atom. The number of oxazole rings is 1. The van der Waals surface area contributed by atoms with E-state index >= 15 is 0 Å². The summed E-state index contributed by atoms with van der Waals surface area (Å²) in [7, 11) is 0. The van der Waals surface area contributed by atoms with Gasteiger partial charge in [-0.3, -0.25) is 0 Å². The summed E-state index contributed by atoms with van der Waals surface area (Å²) in [6.45, 7) is 0. The van der Waals surface area contributed by atoms with E-state index in [1.165, 1.54) is 18.2 Å². The Bertz CT molecular complexity index is 126. The van der Waals surface area contributed by atoms with Crippen LogP contribution in [0.1, 0.15) is 0 Å². The van der Waals surface area contributed by atoms with Gasteiger partial charge in [0.2, 0.25) is 0 Å². The maximum Gasteiger partial charge on any atom is 0.181 e. The Labute approximate surface area is 45.9 Å². The molecule has 0 aromatic carbocycles. The molecule has 0 bridgehead atoms. The van der Waals surface area contributed by atoms with E-state index in [9.17, 15) is 0 Å². The molecule has 0 saturated heterocycles. The second kappa shape index (κ2) is 2.02. The number of hydrogen-bond acceptors (Lipinski definition) is 3. The highest BCUT2D eigenvalue weighted by atomic mass is 32.2. The Balaban J connectivity index is 2.76. The van der Waals surface area contributed by atoms with Gasteiger partial charge in [-0.2, -0.15) is 0 Å². The molecule has 2 nitrogen and oxygen atoms in total. The first-order valence-electron chi connectivity index (χ1n) is 1.73. The first kappa shape index (κ1) is 4.71. The van der Waals surface area contributed by atoms with Crippen LogP contribution in [0.4, 0.5) is 0 Å². The molecule has 0 aliphatic rings. The zero-order chi connectivity index (χ0) is 5.11. The third-order valence-corrected chi connectivity index (χ3v) is 1.05. The fourth-order valence-electron chi connectivity index (χ4n) is 0.273. The summed E-state index contributed by atoms with van der Waals surface area (Å²) in [5.74, 6) is 0. The van der Waals surface area contributed by atoms with Gasteiger partial charge in [-0.15, -0.1) is 11.8 Å². The normalized spacial score (nSPS) is 9.29. The van der Waals surface area contributed by atoms with Crippen molar-refractivity contribution in [3.05, 3.63) is 18.9 Å². The van der Waals surface area contributed by atoms with Crippen molar-refractivity contribution in [3.8, 4) is 0 Å². The molecule has 0 N–H and O–H groups in total. The van der Waals surface area contributed by atoms with Crippen LogP contribution in [0.3, 0.4) is 0 Å². The third-order valence-electron chi connectivity index (χ3n) is 0.558. The van der Waals surface area contributed by atoms with Crippen molar-refractivity contribution in [2.24, 2.45) is 0 Å². The van der Waals surface area contributed by atoms with Gasteiger partial charge in [-0.25, -0.2) is 4.98 Å². The largest absolute Gasteiger partial charge is 0.451 e. The number of aromatic nitrogens is 1. The van der Waals surface area contributed by atoms with Gasteiger partial charge in [0.05, 0.1) is 0 Å². The van der Waals surface area contributed by atoms with Crippen LogP contribution in [0.2, 0.25) is 0 Å². The number of nitrogens with zero attached hydrogens (tertiary/aromatic N) is 1. The predicted octanol–water partition coefficient (Wildman–Crippen LogP) is 1.56. The molecule has 1 aromatic heterocycles. The molecule has 3 heteroatoms. The van der Waals surface area contributed by atoms with Crippen molar-refractivity contribution in [3.63, 3.8) is 0 Å². The smallest absolute Gasteiger partial charge is 0.181 e. The van der Waals surface area contributed by atoms with Gasteiger partial charge in [0.25, 0.3) is 0 Å². The minimum absolute atomic E-state index is 0.819. The summed E-state index contributed by atoms with van der Waals surface area (Å²) in [5, 5.41) is 0.819. The molecular formula is C4H4NOS. The van der Waals surface area contributed by atoms with Crippen molar-refractivity contribution in [1.82, 2.24) is 4.98 Å². The molecule has 0 saturated carbocycles. The Hall–Kier alpha value is -0.440. The van der Waals surface area contributed by atoms with Crippen LogP contribution in [-0.4, -0.2) is 4.98 Å². The van der Waals surface area contributed by atoms with E-state index in [4.69, 9.17) is 0 Å². The van der Waals surface area contributed by atoms with E-state index in [0.29, 0.717) is 0 Å². The molecule has 1 radical (unpaired) electrons. The molecule has 1 aromatic rings. The van der Waals surface area contributed by atoms with Gasteiger partial charge >= 0.3 is 0 Å². The number of thioether (sulfide) groups is 1. The van der Waals surface area contributed by atoms with Gasteiger partial charge in [0, 0.05) is 6.26 Å². The van der Waals surface area contributed by atoms with Gasteiger partial charge in [-0.1, -0.05) is 0 Å². The van der Waals surface area contributed by atoms with Crippen LogP contribution in [0.5, 0.6) is 0 Å². The fourth-order valence-corrected chi connectivity index (χ4v) is 0.514. The molecule has 0 aliphatic heterocycles. The molecule has 0 aliphatic carbocycles. The van der Waals surface area contributed by atoms with Crippen molar-refractivity contribution < 1.29 is 4.42 Å². The van der Waals surface area contributed by atoms with Crippen molar-refractivity contribution >= 4 is 11.8 Å². The summed E-state index contributed by atoms with van der Waals surface area (Å²) < 4.78 is 4.63. The molecule has 37 valence electrons. The Kier molecular flexibility index (Phi) is 1.36. The third kappa shape index (κ3) is 0.962. The lowest BCUT2D eigenvalue weighted by atomic mass is 11.0. The quantitative estimate of drug-likeness (QED) is 0.518. The number of rotatable bonds is 1. The lowest BCUT2D eigenvalue weighted by Crippen LogP contribution is -1.58. The van der Waals surface area contributed by atoms with Crippen LogP contribution in [0.25, 0.3) is 0 Å². The van der Waals surface area contributed by atoms with Crippen molar-refractivity contribution in [2.45, 2.75) is 5.03 Å². The highest BCUT2D eigenvalue weighted by Gasteiger charge is 1.86. The summed E-state index contributed by atoms with van der Waals surface area (Å²) in [4.78, 5) is 3.77. The molecule has 0 unspecified atom stereocenters. The van der Waals surface area contributed by atoms with E-state index in [1.54, 1.807) is 6.26 Å². The Morgan fingerprint density at radius 2 is 2.71 bits per heavy atom. The molecule has 1 rings (SSSR count). The van der Waals surface area contributed by atoms with Crippen LogP contribution in [0, 0.1) is 6.26 Å². The molecule has 0 fully saturated rings. The summed E-state index contributed by atoms with van der Waals surface area (Å²) in [5.41, 5.74) is 0. The zero-order valence-corrected chi connectivity index (χ0v) is 4.44. The summed E-state index contributed by atoms with van der Waals surface area (Å²) in [6, 6.07) is 0. The standard InChI is InChI=1S/C4H4NOS/c1-7-4-2-6-3-5-4/h2-3H,1H2. The lowest BCUT2D eigenvalue weighted by molar-refractivity contribution is 0.555. The van der Waals surface area contributed by atoms with Gasteiger partial charge in [0.1, 0.15) is 11.3 Å². The molecule has 0 atom stereocenters. The average Bonchev–Trinajstić information content (AvgIpc) is 2.14. The first-order chi connectivity index (χ1) is 3.43. The fraction of sp³-hybridized carbons (Fsp3) is 0. The molecule has 1 heterocycles. The zero-order valence-electron chi connectivity index (χ0n) is 3.63. The molecular weight excluding hydrogens is 110 g/mol. The predicted molar refractivity (Wildman–Crippen MR) is 27.7 cm³/mol. The van der Waals surface area contributed by atoms with Crippen LogP contribution < -0.4 is 0 Å². The topological polar surface area (TPSA) is 26.0 Å². The van der Waals surface area contributed by atoms with E-state index < -0.39 is 0 Å². The molecule has 0 amide bonds. The maximum absolute atomic E-state index is 4.63. The maximum atomic E-state index is 4.63. The van der Waals surface area contributed by atoms with E-state index in [0.717, 1.165) is 5.03 Å². The van der Waals surface area contributed by atoms with Crippen molar-refractivity contribution in [2.75, 3.05) is 0 Å². The van der Waals surface area contributed by atoms with Crippen LogP contribution >= 0.6 is 11.8 Å². The summed E-state index contributed by atoms with van der Waals surface area (Å²) in [6.07, 6.45) is 6.46. The Morgan fingerprint density at radius 3 is 3.00 bits per heavy atom. The van der Waals surface area contributed by atoms with Crippen LogP contribution in [-0.2, 0) is 0 Å². The minimum Gasteiger partial charge on any atom is -0.451 e. The van der Waals surface area contributed by atoms with E-state index in [-0.39, 0.29) is 0 Å².